The van der Waals surface area contributed by atoms with Crippen molar-refractivity contribution >= 4 is 48.7 Å². The third-order valence-corrected chi connectivity index (χ3v) is 4.46. The summed E-state index contributed by atoms with van der Waals surface area (Å²) in [5.74, 6) is 1.98. The lowest BCUT2D eigenvalue weighted by molar-refractivity contribution is 0.0920. The van der Waals surface area contributed by atoms with Crippen LogP contribution in [0.5, 0.6) is 0 Å². The van der Waals surface area contributed by atoms with E-state index in [4.69, 9.17) is 10.8 Å². The van der Waals surface area contributed by atoms with Gasteiger partial charge in [-0.3, -0.25) is 4.79 Å². The molecule has 114 valence electrons. The lowest BCUT2D eigenvalue weighted by atomic mass is 9.99. The Kier molecular flexibility index (Phi) is 4.78. The molecule has 4 nitrogen and oxygen atoms in total. The van der Waals surface area contributed by atoms with Crippen LogP contribution in [-0.4, -0.2) is 11.4 Å². The van der Waals surface area contributed by atoms with Gasteiger partial charge in [-0.2, -0.15) is 0 Å². The first-order valence-electron chi connectivity index (χ1n) is 6.53. The second kappa shape index (κ2) is 6.27. The minimum absolute atomic E-state index is 0.0765. The first kappa shape index (κ1) is 16.8. The van der Waals surface area contributed by atoms with Gasteiger partial charge in [0.25, 0.3) is 5.91 Å². The summed E-state index contributed by atoms with van der Waals surface area (Å²) in [4.78, 5) is 24.4. The van der Waals surface area contributed by atoms with Crippen molar-refractivity contribution in [2.75, 3.05) is 0 Å². The van der Waals surface area contributed by atoms with Crippen molar-refractivity contribution in [1.29, 1.82) is 0 Å². The Morgan fingerprint density at radius 2 is 2.09 bits per heavy atom. The van der Waals surface area contributed by atoms with Crippen molar-refractivity contribution < 1.29 is 9.21 Å². The topological polar surface area (TPSA) is 59.3 Å². The summed E-state index contributed by atoms with van der Waals surface area (Å²) in [6, 6.07) is 5.02. The van der Waals surface area contributed by atoms with E-state index < -0.39 is 17.1 Å². The largest absolute Gasteiger partial charge is 0.421 e. The fourth-order valence-electron chi connectivity index (χ4n) is 1.86. The van der Waals surface area contributed by atoms with E-state index in [1.54, 1.807) is 19.1 Å². The molecule has 1 amide bonds. The van der Waals surface area contributed by atoms with Crippen molar-refractivity contribution in [3.63, 3.8) is 0 Å². The smallest absolute Gasteiger partial charge is 0.349 e. The van der Waals surface area contributed by atoms with Gasteiger partial charge in [-0.15, -0.1) is 6.42 Å². The van der Waals surface area contributed by atoms with E-state index in [0.29, 0.717) is 21.9 Å². The third-order valence-electron chi connectivity index (χ3n) is 3.41. The molecule has 1 heterocycles. The number of carbonyl (C=O) groups excluding carboxylic acids is 1. The van der Waals surface area contributed by atoms with Crippen LogP contribution in [0.1, 0.15) is 30.6 Å². The molecular formula is C16H13Br2NO3. The summed E-state index contributed by atoms with van der Waals surface area (Å²) in [5, 5.41) is 3.31. The number of nitrogens with one attached hydrogen (secondary N) is 1. The van der Waals surface area contributed by atoms with Crippen LogP contribution in [-0.2, 0) is 0 Å². The fraction of sp³-hybridized carbons (Fsp3) is 0.250. The summed E-state index contributed by atoms with van der Waals surface area (Å²) in [7, 11) is 0. The highest BCUT2D eigenvalue weighted by Crippen LogP contribution is 2.28. The van der Waals surface area contributed by atoms with Crippen molar-refractivity contribution in [3.8, 4) is 12.3 Å². The van der Waals surface area contributed by atoms with E-state index in [-0.39, 0.29) is 5.56 Å². The van der Waals surface area contributed by atoms with Gasteiger partial charge in [0.05, 0.1) is 10.0 Å². The number of hydrogen-bond donors (Lipinski definition) is 1. The van der Waals surface area contributed by atoms with Crippen LogP contribution in [0.25, 0.3) is 11.0 Å². The predicted molar refractivity (Wildman–Crippen MR) is 92.9 cm³/mol. The van der Waals surface area contributed by atoms with Gasteiger partial charge in [0.15, 0.2) is 5.58 Å². The van der Waals surface area contributed by atoms with Crippen molar-refractivity contribution in [2.24, 2.45) is 0 Å². The molecule has 0 aliphatic carbocycles. The minimum Gasteiger partial charge on any atom is -0.421 e. The maximum Gasteiger partial charge on any atom is 0.349 e. The SMILES string of the molecule is C#C[C@@](C)(CC)NC(=O)c1cc2cc(Br)cc(Br)c2oc1=O. The van der Waals surface area contributed by atoms with Crippen LogP contribution in [0.2, 0.25) is 0 Å². The van der Waals surface area contributed by atoms with Crippen molar-refractivity contribution in [2.45, 2.75) is 25.8 Å². The molecule has 1 atom stereocenters. The molecule has 0 fully saturated rings. The maximum absolute atomic E-state index is 12.3. The lowest BCUT2D eigenvalue weighted by Crippen LogP contribution is -2.45. The normalized spacial score (nSPS) is 13.4. The second-order valence-corrected chi connectivity index (χ2v) is 6.81. The van der Waals surface area contributed by atoms with Crippen molar-refractivity contribution in [1.82, 2.24) is 5.32 Å². The zero-order valence-electron chi connectivity index (χ0n) is 12.0. The van der Waals surface area contributed by atoms with Gasteiger partial charge in [0.2, 0.25) is 0 Å². The summed E-state index contributed by atoms with van der Waals surface area (Å²) >= 11 is 6.68. The summed E-state index contributed by atoms with van der Waals surface area (Å²) in [6.07, 6.45) is 5.98. The van der Waals surface area contributed by atoms with Gasteiger partial charge in [-0.05, 0) is 47.5 Å². The molecule has 0 bridgehead atoms. The molecule has 2 rings (SSSR count). The molecule has 2 aromatic rings. The lowest BCUT2D eigenvalue weighted by Gasteiger charge is -2.23. The Morgan fingerprint density at radius 3 is 2.68 bits per heavy atom. The van der Waals surface area contributed by atoms with E-state index in [1.807, 2.05) is 6.92 Å². The molecule has 0 saturated heterocycles. The number of amides is 1. The first-order valence-corrected chi connectivity index (χ1v) is 8.11. The van der Waals surface area contributed by atoms with Gasteiger partial charge in [0.1, 0.15) is 5.56 Å². The monoisotopic (exact) mass is 425 g/mol. The molecule has 1 N–H and O–H groups in total. The molecule has 0 aliphatic rings. The standard InChI is InChI=1S/C16H13Br2NO3/c1-4-16(3,5-2)19-14(20)11-7-9-6-10(17)8-12(18)13(9)22-15(11)21/h1,6-8H,5H2,2-3H3,(H,19,20)/t16-/m0/s1. The van der Waals surface area contributed by atoms with E-state index in [1.165, 1.54) is 6.07 Å². The number of benzene rings is 1. The molecule has 0 spiro atoms. The third kappa shape index (κ3) is 3.26. The molecule has 0 unspecified atom stereocenters. The van der Waals surface area contributed by atoms with Gasteiger partial charge in [-0.1, -0.05) is 28.8 Å². The number of hydrogen-bond acceptors (Lipinski definition) is 3. The van der Waals surface area contributed by atoms with E-state index in [2.05, 4.69) is 43.1 Å². The Balaban J connectivity index is 2.53. The fourth-order valence-corrected chi connectivity index (χ4v) is 3.20. The zero-order valence-corrected chi connectivity index (χ0v) is 15.2. The van der Waals surface area contributed by atoms with Gasteiger partial charge in [-0.25, -0.2) is 4.79 Å². The first-order chi connectivity index (χ1) is 10.3. The van der Waals surface area contributed by atoms with Crippen LogP contribution in [0.3, 0.4) is 0 Å². The van der Waals surface area contributed by atoms with E-state index in [0.717, 1.165) is 4.47 Å². The number of carbonyl (C=O) groups is 1. The maximum atomic E-state index is 12.3. The Hall–Kier alpha value is -1.58. The number of rotatable bonds is 3. The molecule has 0 aliphatic heterocycles. The van der Waals surface area contributed by atoms with Crippen LogP contribution < -0.4 is 10.9 Å². The molecule has 0 radical (unpaired) electrons. The zero-order chi connectivity index (χ0) is 16.5. The number of terminal acetylenes is 1. The van der Waals surface area contributed by atoms with Gasteiger partial charge in [0, 0.05) is 9.86 Å². The highest BCUT2D eigenvalue weighted by atomic mass is 79.9. The molecule has 1 aromatic carbocycles. The highest BCUT2D eigenvalue weighted by molar-refractivity contribution is 9.11. The van der Waals surface area contributed by atoms with Crippen LogP contribution in [0, 0.1) is 12.3 Å². The molecule has 6 heteroatoms. The highest BCUT2D eigenvalue weighted by Gasteiger charge is 2.24. The van der Waals surface area contributed by atoms with Crippen LogP contribution in [0.4, 0.5) is 0 Å². The Bertz CT molecular complexity index is 851. The average Bonchev–Trinajstić information content (AvgIpc) is 2.47. The quantitative estimate of drug-likeness (QED) is 0.599. The van der Waals surface area contributed by atoms with Gasteiger partial charge < -0.3 is 9.73 Å². The van der Waals surface area contributed by atoms with E-state index in [9.17, 15) is 9.59 Å². The molecule has 0 saturated carbocycles. The summed E-state index contributed by atoms with van der Waals surface area (Å²) in [5.41, 5.74) is -1.20. The predicted octanol–water partition coefficient (Wildman–Crippen LogP) is 3.85. The van der Waals surface area contributed by atoms with Gasteiger partial charge >= 0.3 is 5.63 Å². The summed E-state index contributed by atoms with van der Waals surface area (Å²) < 4.78 is 6.67. The van der Waals surface area contributed by atoms with Crippen LogP contribution >= 0.6 is 31.9 Å². The number of fused-ring (bicyclic) bond motifs is 1. The summed E-state index contributed by atoms with van der Waals surface area (Å²) in [6.45, 7) is 3.58. The number of halogens is 2. The Labute approximate surface area is 144 Å². The molecular weight excluding hydrogens is 414 g/mol. The second-order valence-electron chi connectivity index (χ2n) is 5.04. The minimum atomic E-state index is -0.809. The van der Waals surface area contributed by atoms with Crippen LogP contribution in [0.15, 0.2) is 36.4 Å². The molecule has 1 aromatic heterocycles. The van der Waals surface area contributed by atoms with Crippen molar-refractivity contribution in [3.05, 3.63) is 43.1 Å². The Morgan fingerprint density at radius 1 is 1.41 bits per heavy atom. The van der Waals surface area contributed by atoms with E-state index >= 15 is 0 Å². The molecule has 22 heavy (non-hydrogen) atoms. The average molecular weight is 427 g/mol.